The summed E-state index contributed by atoms with van der Waals surface area (Å²) in [5, 5.41) is 0. The van der Waals surface area contributed by atoms with Crippen LogP contribution in [0.4, 0.5) is 0 Å². The van der Waals surface area contributed by atoms with Crippen molar-refractivity contribution >= 4 is 0 Å². The average Bonchev–Trinajstić information content (AvgIpc) is 2.46. The van der Waals surface area contributed by atoms with Crippen molar-refractivity contribution in [2.45, 2.75) is 51.4 Å². The van der Waals surface area contributed by atoms with Gasteiger partial charge in [0.05, 0.1) is 0 Å². The van der Waals surface area contributed by atoms with Gasteiger partial charge in [-0.1, -0.05) is 84.4 Å². The van der Waals surface area contributed by atoms with Crippen LogP contribution in [0, 0.1) is 0 Å². The lowest BCUT2D eigenvalue weighted by atomic mass is 10.2. The normalized spacial score (nSPS) is 26.0. The Hall–Kier alpha value is -2.26. The first-order valence-corrected chi connectivity index (χ1v) is 9.09. The molecule has 0 unspecified atom stereocenters. The van der Waals surface area contributed by atoms with Crippen LogP contribution in [0.2, 0.25) is 0 Å². The van der Waals surface area contributed by atoms with E-state index in [2.05, 4.69) is 96.5 Å². The summed E-state index contributed by atoms with van der Waals surface area (Å²) in [6.07, 6.45) is 39.1. The monoisotopic (exact) mass is 318 g/mol. The van der Waals surface area contributed by atoms with E-state index in [1.165, 1.54) is 38.5 Å². The first-order valence-electron chi connectivity index (χ1n) is 9.09. The molecule has 0 saturated carbocycles. The van der Waals surface area contributed by atoms with Gasteiger partial charge in [-0.3, -0.25) is 0 Å². The first-order chi connectivity index (χ1) is 12.0. The summed E-state index contributed by atoms with van der Waals surface area (Å²) in [4.78, 5) is 0. The smallest absolute Gasteiger partial charge is 0.0166 e. The first kappa shape index (κ1) is 19.8. The molecule has 0 heterocycles. The number of hydrogen-bond donors (Lipinski definition) is 0. The molecular formula is C24H30. The Labute approximate surface area is 148 Å². The van der Waals surface area contributed by atoms with Crippen LogP contribution in [0.25, 0.3) is 0 Å². The zero-order valence-corrected chi connectivity index (χ0v) is 14.7. The minimum Gasteiger partial charge on any atom is -0.0844 e. The van der Waals surface area contributed by atoms with E-state index in [0.29, 0.717) is 0 Å². The standard InChI is InChI=1S/3C8H10/c3*1-2-4-6-8-7-5-3-1/h1,7H,2,4,6,8H2;1-4,7-8H,5-6H2;1-6H,7-8H2/b;3-1-,4-2-,8-7-;2-1-,5-3-,6-4-. The summed E-state index contributed by atoms with van der Waals surface area (Å²) < 4.78 is 0. The predicted octanol–water partition coefficient (Wildman–Crippen LogP) is 7.32. The summed E-state index contributed by atoms with van der Waals surface area (Å²) in [5.74, 6) is 0. The molecule has 3 aliphatic carbocycles. The van der Waals surface area contributed by atoms with Gasteiger partial charge in [-0.25, -0.2) is 0 Å². The molecule has 24 heavy (non-hydrogen) atoms. The molecule has 0 radical (unpaired) electrons. The van der Waals surface area contributed by atoms with E-state index >= 15 is 0 Å². The molecule has 0 atom stereocenters. The molecule has 3 rings (SSSR count). The third-order valence-corrected chi connectivity index (χ3v) is 3.43. The average molecular weight is 319 g/mol. The van der Waals surface area contributed by atoms with Gasteiger partial charge in [-0.05, 0) is 63.5 Å². The van der Waals surface area contributed by atoms with Crippen molar-refractivity contribution in [3.63, 3.8) is 0 Å². The highest BCUT2D eigenvalue weighted by molar-refractivity contribution is 5.13. The molecule has 126 valence electrons. The molecular weight excluding hydrogens is 288 g/mol. The second-order valence-corrected chi connectivity index (χ2v) is 5.60. The van der Waals surface area contributed by atoms with Crippen molar-refractivity contribution in [1.29, 1.82) is 0 Å². The van der Waals surface area contributed by atoms with Gasteiger partial charge < -0.3 is 0 Å². The molecule has 0 N–H and O–H groups in total. The van der Waals surface area contributed by atoms with Crippen LogP contribution >= 0.6 is 0 Å². The Morgan fingerprint density at radius 1 is 0.417 bits per heavy atom. The summed E-state index contributed by atoms with van der Waals surface area (Å²) in [6.45, 7) is 0. The molecule has 0 saturated heterocycles. The van der Waals surface area contributed by atoms with Crippen LogP contribution in [-0.2, 0) is 0 Å². The van der Waals surface area contributed by atoms with Gasteiger partial charge in [0.25, 0.3) is 0 Å². The van der Waals surface area contributed by atoms with E-state index in [9.17, 15) is 0 Å². The number of rotatable bonds is 0. The van der Waals surface area contributed by atoms with E-state index in [-0.39, 0.29) is 0 Å². The van der Waals surface area contributed by atoms with Crippen LogP contribution in [-0.4, -0.2) is 0 Å². The van der Waals surface area contributed by atoms with Gasteiger partial charge in [-0.15, -0.1) is 0 Å². The fourth-order valence-electron chi connectivity index (χ4n) is 2.09. The number of hydrogen-bond acceptors (Lipinski definition) is 0. The lowest BCUT2D eigenvalue weighted by Gasteiger charge is -1.90. The highest BCUT2D eigenvalue weighted by Crippen LogP contribution is 2.01. The minimum atomic E-state index is 1.09. The predicted molar refractivity (Wildman–Crippen MR) is 108 cm³/mol. The third kappa shape index (κ3) is 14.7. The largest absolute Gasteiger partial charge is 0.0844 e. The van der Waals surface area contributed by atoms with E-state index in [0.717, 1.165) is 12.8 Å². The van der Waals surface area contributed by atoms with Crippen molar-refractivity contribution in [1.82, 2.24) is 0 Å². The second kappa shape index (κ2) is 17.1. The van der Waals surface area contributed by atoms with E-state index in [1.807, 2.05) is 0 Å². The molecule has 0 fully saturated rings. The highest BCUT2D eigenvalue weighted by atomic mass is 13.9. The minimum absolute atomic E-state index is 1.09. The van der Waals surface area contributed by atoms with E-state index in [1.54, 1.807) is 0 Å². The summed E-state index contributed by atoms with van der Waals surface area (Å²) in [5.41, 5.74) is 5.91. The maximum atomic E-state index is 2.96. The molecule has 0 aromatic carbocycles. The Bertz CT molecular complexity index is 513. The summed E-state index contributed by atoms with van der Waals surface area (Å²) in [7, 11) is 0. The molecule has 0 bridgehead atoms. The zero-order valence-electron chi connectivity index (χ0n) is 14.7. The fraction of sp³-hybridized carbons (Fsp3) is 0.333. The molecule has 0 aromatic heterocycles. The van der Waals surface area contributed by atoms with Crippen molar-refractivity contribution < 1.29 is 0 Å². The summed E-state index contributed by atoms with van der Waals surface area (Å²) in [6, 6.07) is 0. The van der Waals surface area contributed by atoms with E-state index in [4.69, 9.17) is 0 Å². The van der Waals surface area contributed by atoms with Gasteiger partial charge in [0, 0.05) is 0 Å². The quantitative estimate of drug-likeness (QED) is 0.324. The van der Waals surface area contributed by atoms with Crippen molar-refractivity contribution in [2.24, 2.45) is 0 Å². The molecule has 0 nitrogen and oxygen atoms in total. The lowest BCUT2D eigenvalue weighted by Crippen LogP contribution is -1.71. The zero-order chi connectivity index (χ0) is 17.0. The van der Waals surface area contributed by atoms with Crippen LogP contribution in [0.15, 0.2) is 96.5 Å². The SMILES string of the molecule is C1=C=CCCCCC=1.C1=C\C/C=C\C\C=C/1.C1=C\C=C/CC\C=C/1. The van der Waals surface area contributed by atoms with Crippen LogP contribution in [0.1, 0.15) is 51.4 Å². The molecule has 0 aliphatic heterocycles. The second-order valence-electron chi connectivity index (χ2n) is 5.60. The molecule has 0 spiro atoms. The molecule has 0 aromatic rings. The highest BCUT2D eigenvalue weighted by Gasteiger charge is 1.83. The molecule has 3 aliphatic rings. The van der Waals surface area contributed by atoms with Crippen LogP contribution < -0.4 is 0 Å². The van der Waals surface area contributed by atoms with Gasteiger partial charge >= 0.3 is 0 Å². The van der Waals surface area contributed by atoms with Gasteiger partial charge in [0.15, 0.2) is 0 Å². The topological polar surface area (TPSA) is 0 Å². The summed E-state index contributed by atoms with van der Waals surface area (Å²) >= 11 is 0. The third-order valence-electron chi connectivity index (χ3n) is 3.43. The molecule has 0 amide bonds. The molecule has 0 heteroatoms. The number of allylic oxidation sites excluding steroid dienone is 14. The Kier molecular flexibility index (Phi) is 14.1. The van der Waals surface area contributed by atoms with E-state index < -0.39 is 0 Å². The van der Waals surface area contributed by atoms with Crippen molar-refractivity contribution in [3.8, 4) is 0 Å². The fourth-order valence-corrected chi connectivity index (χ4v) is 2.09. The van der Waals surface area contributed by atoms with Gasteiger partial charge in [0.1, 0.15) is 0 Å². The maximum absolute atomic E-state index is 2.96. The Morgan fingerprint density at radius 2 is 0.875 bits per heavy atom. The lowest BCUT2D eigenvalue weighted by molar-refractivity contribution is 0.760. The van der Waals surface area contributed by atoms with Gasteiger partial charge in [0.2, 0.25) is 0 Å². The Morgan fingerprint density at radius 3 is 1.38 bits per heavy atom. The van der Waals surface area contributed by atoms with Gasteiger partial charge in [-0.2, -0.15) is 0 Å². The maximum Gasteiger partial charge on any atom is -0.0166 e. The van der Waals surface area contributed by atoms with Crippen LogP contribution in [0.5, 0.6) is 0 Å². The van der Waals surface area contributed by atoms with Crippen molar-refractivity contribution in [3.05, 3.63) is 96.5 Å². The van der Waals surface area contributed by atoms with Crippen molar-refractivity contribution in [2.75, 3.05) is 0 Å². The van der Waals surface area contributed by atoms with Crippen LogP contribution in [0.3, 0.4) is 0 Å². The Balaban J connectivity index is 0.000000180.